The maximum Gasteiger partial charge on any atom is 0.253 e. The highest BCUT2D eigenvalue weighted by molar-refractivity contribution is 7.91. The van der Waals surface area contributed by atoms with Crippen LogP contribution in [0.1, 0.15) is 42.4 Å². The second-order valence-electron chi connectivity index (χ2n) is 6.48. The summed E-state index contributed by atoms with van der Waals surface area (Å²) in [5.74, 6) is 1.23. The molecule has 0 radical (unpaired) electrons. The number of hydrogen-bond donors (Lipinski definition) is 1. The standard InChI is InChI=1S/C16H21N3O3S/c1-10(2)15-17-13-5-4-11(8-14(13)18-15)16(20)19(3)12-6-7-23(21,22)9-12/h4-5,8,10,12H,6-7,9H2,1-3H3,(H,17,18). The Morgan fingerprint density at radius 3 is 2.74 bits per heavy atom. The second kappa shape index (κ2) is 5.63. The van der Waals surface area contributed by atoms with Crippen LogP contribution in [0.15, 0.2) is 18.2 Å². The lowest BCUT2D eigenvalue weighted by molar-refractivity contribution is 0.0748. The minimum absolute atomic E-state index is 0.0546. The predicted molar refractivity (Wildman–Crippen MR) is 89.3 cm³/mol. The minimum atomic E-state index is -3.01. The van der Waals surface area contributed by atoms with E-state index in [1.807, 2.05) is 6.07 Å². The zero-order valence-electron chi connectivity index (χ0n) is 13.5. The van der Waals surface area contributed by atoms with Crippen LogP contribution in [0, 0.1) is 0 Å². The number of nitrogens with zero attached hydrogens (tertiary/aromatic N) is 2. The van der Waals surface area contributed by atoms with Crippen molar-refractivity contribution >= 4 is 26.8 Å². The van der Waals surface area contributed by atoms with E-state index in [0.717, 1.165) is 16.9 Å². The average Bonchev–Trinajstić information content (AvgIpc) is 3.08. The number of aromatic amines is 1. The van der Waals surface area contributed by atoms with Crippen molar-refractivity contribution in [1.82, 2.24) is 14.9 Å². The highest BCUT2D eigenvalue weighted by Crippen LogP contribution is 2.21. The fraction of sp³-hybridized carbons (Fsp3) is 0.500. The number of hydrogen-bond acceptors (Lipinski definition) is 4. The third kappa shape index (κ3) is 3.10. The van der Waals surface area contributed by atoms with Crippen LogP contribution in [-0.2, 0) is 9.84 Å². The summed E-state index contributed by atoms with van der Waals surface area (Å²) < 4.78 is 23.2. The number of H-pyrrole nitrogens is 1. The molecule has 1 N–H and O–H groups in total. The highest BCUT2D eigenvalue weighted by atomic mass is 32.2. The van der Waals surface area contributed by atoms with Crippen molar-refractivity contribution < 1.29 is 13.2 Å². The number of sulfone groups is 1. The van der Waals surface area contributed by atoms with Crippen molar-refractivity contribution in [3.63, 3.8) is 0 Å². The van der Waals surface area contributed by atoms with Gasteiger partial charge in [-0.2, -0.15) is 0 Å². The zero-order chi connectivity index (χ0) is 16.8. The molecule has 1 saturated heterocycles. The fourth-order valence-corrected chi connectivity index (χ4v) is 4.66. The van der Waals surface area contributed by atoms with E-state index in [1.54, 1.807) is 24.1 Å². The van der Waals surface area contributed by atoms with Crippen molar-refractivity contribution in [2.24, 2.45) is 0 Å². The molecule has 1 amide bonds. The van der Waals surface area contributed by atoms with Crippen LogP contribution >= 0.6 is 0 Å². The van der Waals surface area contributed by atoms with Gasteiger partial charge in [0.25, 0.3) is 5.91 Å². The van der Waals surface area contributed by atoms with Gasteiger partial charge in [0.1, 0.15) is 5.82 Å². The SMILES string of the molecule is CC(C)c1nc2ccc(C(=O)N(C)C3CCS(=O)(=O)C3)cc2[nH]1. The number of aromatic nitrogens is 2. The Bertz CT molecular complexity index is 855. The number of carbonyl (C=O) groups excluding carboxylic acids is 1. The number of benzene rings is 1. The second-order valence-corrected chi connectivity index (χ2v) is 8.71. The number of nitrogens with one attached hydrogen (secondary N) is 1. The molecule has 0 saturated carbocycles. The van der Waals surface area contributed by atoms with E-state index in [0.29, 0.717) is 12.0 Å². The topological polar surface area (TPSA) is 83.1 Å². The number of rotatable bonds is 3. The molecule has 0 aliphatic carbocycles. The Morgan fingerprint density at radius 2 is 2.13 bits per heavy atom. The Kier molecular flexibility index (Phi) is 3.91. The van der Waals surface area contributed by atoms with Crippen LogP contribution in [-0.4, -0.2) is 53.8 Å². The van der Waals surface area contributed by atoms with E-state index in [9.17, 15) is 13.2 Å². The Hall–Kier alpha value is -1.89. The Balaban J connectivity index is 1.85. The molecule has 3 rings (SSSR count). The molecule has 124 valence electrons. The molecule has 1 unspecified atom stereocenters. The predicted octanol–water partition coefficient (Wildman–Crippen LogP) is 1.95. The zero-order valence-corrected chi connectivity index (χ0v) is 14.4. The minimum Gasteiger partial charge on any atom is -0.342 e. The normalized spacial score (nSPS) is 20.3. The molecule has 6 nitrogen and oxygen atoms in total. The molecule has 7 heteroatoms. The van der Waals surface area contributed by atoms with Crippen LogP contribution < -0.4 is 0 Å². The van der Waals surface area contributed by atoms with Crippen molar-refractivity contribution in [3.8, 4) is 0 Å². The van der Waals surface area contributed by atoms with Crippen molar-refractivity contribution in [1.29, 1.82) is 0 Å². The first-order valence-electron chi connectivity index (χ1n) is 7.74. The lowest BCUT2D eigenvalue weighted by atomic mass is 10.1. The van der Waals surface area contributed by atoms with Gasteiger partial charge >= 0.3 is 0 Å². The molecule has 23 heavy (non-hydrogen) atoms. The molecule has 0 spiro atoms. The largest absolute Gasteiger partial charge is 0.342 e. The first-order chi connectivity index (χ1) is 10.8. The molecular weight excluding hydrogens is 314 g/mol. The molecule has 1 aromatic carbocycles. The van der Waals surface area contributed by atoms with Crippen molar-refractivity contribution in [2.75, 3.05) is 18.6 Å². The first-order valence-corrected chi connectivity index (χ1v) is 9.56. The number of carbonyl (C=O) groups is 1. The molecule has 0 bridgehead atoms. The monoisotopic (exact) mass is 335 g/mol. The molecular formula is C16H21N3O3S. The summed E-state index contributed by atoms with van der Waals surface area (Å²) in [6, 6.07) is 5.12. The van der Waals surface area contributed by atoms with Crippen LogP contribution in [0.2, 0.25) is 0 Å². The summed E-state index contributed by atoms with van der Waals surface area (Å²) >= 11 is 0. The molecule has 1 aromatic heterocycles. The van der Waals surface area contributed by atoms with Crippen LogP contribution in [0.4, 0.5) is 0 Å². The Morgan fingerprint density at radius 1 is 1.39 bits per heavy atom. The summed E-state index contributed by atoms with van der Waals surface area (Å²) in [5.41, 5.74) is 2.20. The quantitative estimate of drug-likeness (QED) is 0.929. The van der Waals surface area contributed by atoms with E-state index >= 15 is 0 Å². The van der Waals surface area contributed by atoms with Gasteiger partial charge in [-0.1, -0.05) is 13.8 Å². The molecule has 1 fully saturated rings. The van der Waals surface area contributed by atoms with Gasteiger partial charge in [-0.05, 0) is 24.6 Å². The summed E-state index contributed by atoms with van der Waals surface area (Å²) in [6.45, 7) is 4.11. The molecule has 2 heterocycles. The lowest BCUT2D eigenvalue weighted by Gasteiger charge is -2.23. The van der Waals surface area contributed by atoms with E-state index < -0.39 is 9.84 Å². The van der Waals surface area contributed by atoms with E-state index in [2.05, 4.69) is 23.8 Å². The molecule has 2 aromatic rings. The van der Waals surface area contributed by atoms with Crippen LogP contribution in [0.25, 0.3) is 11.0 Å². The molecule has 1 aliphatic heterocycles. The van der Waals surface area contributed by atoms with Gasteiger partial charge < -0.3 is 9.88 Å². The van der Waals surface area contributed by atoms with E-state index in [1.165, 1.54) is 0 Å². The van der Waals surface area contributed by atoms with Crippen LogP contribution in [0.3, 0.4) is 0 Å². The number of imidazole rings is 1. The van der Waals surface area contributed by atoms with Gasteiger partial charge in [-0.25, -0.2) is 13.4 Å². The number of amides is 1. The summed E-state index contributed by atoms with van der Waals surface area (Å²) in [6.07, 6.45) is 0.508. The highest BCUT2D eigenvalue weighted by Gasteiger charge is 2.33. The molecule has 1 atom stereocenters. The van der Waals surface area contributed by atoms with Gasteiger partial charge in [0.2, 0.25) is 0 Å². The first kappa shape index (κ1) is 16.0. The van der Waals surface area contributed by atoms with Gasteiger partial charge in [0.05, 0.1) is 22.5 Å². The van der Waals surface area contributed by atoms with E-state index in [4.69, 9.17) is 0 Å². The van der Waals surface area contributed by atoms with Crippen molar-refractivity contribution in [3.05, 3.63) is 29.6 Å². The summed E-state index contributed by atoms with van der Waals surface area (Å²) in [5, 5.41) is 0. The van der Waals surface area contributed by atoms with Gasteiger partial charge in [-0.15, -0.1) is 0 Å². The van der Waals surface area contributed by atoms with Gasteiger partial charge in [0.15, 0.2) is 9.84 Å². The summed E-state index contributed by atoms with van der Waals surface area (Å²) in [7, 11) is -1.34. The lowest BCUT2D eigenvalue weighted by Crippen LogP contribution is -2.37. The molecule has 1 aliphatic rings. The third-order valence-corrected chi connectivity index (χ3v) is 6.12. The van der Waals surface area contributed by atoms with Crippen molar-refractivity contribution in [2.45, 2.75) is 32.2 Å². The maximum atomic E-state index is 12.6. The smallest absolute Gasteiger partial charge is 0.253 e. The Labute approximate surface area is 135 Å². The maximum absolute atomic E-state index is 12.6. The van der Waals surface area contributed by atoms with Gasteiger partial charge in [0, 0.05) is 24.6 Å². The number of fused-ring (bicyclic) bond motifs is 1. The third-order valence-electron chi connectivity index (χ3n) is 4.37. The fourth-order valence-electron chi connectivity index (χ4n) is 2.89. The summed E-state index contributed by atoms with van der Waals surface area (Å²) in [4.78, 5) is 21.9. The van der Waals surface area contributed by atoms with E-state index in [-0.39, 0.29) is 29.4 Å². The average molecular weight is 335 g/mol. The van der Waals surface area contributed by atoms with Crippen LogP contribution in [0.5, 0.6) is 0 Å². The van der Waals surface area contributed by atoms with Gasteiger partial charge in [-0.3, -0.25) is 4.79 Å².